The molecule has 1 saturated carbocycles. The molecule has 1 N–H and O–H groups in total. The second kappa shape index (κ2) is 5.32. The lowest BCUT2D eigenvalue weighted by atomic mass is 10.1. The third kappa shape index (κ3) is 4.05. The predicted molar refractivity (Wildman–Crippen MR) is 65.0 cm³/mol. The monoisotopic (exact) mass is 203 g/mol. The highest BCUT2D eigenvalue weighted by Gasteiger charge is 2.21. The molecule has 0 saturated heterocycles. The maximum absolute atomic E-state index is 3.61. The molecule has 1 nitrogen and oxygen atoms in total. The highest BCUT2D eigenvalue weighted by atomic mass is 14.9. The lowest BCUT2D eigenvalue weighted by molar-refractivity contribution is 0.499. The van der Waals surface area contributed by atoms with E-state index in [0.29, 0.717) is 6.04 Å². The summed E-state index contributed by atoms with van der Waals surface area (Å²) < 4.78 is 0. The Hall–Kier alpha value is -0.820. The van der Waals surface area contributed by atoms with E-state index in [1.54, 1.807) is 0 Å². The molecule has 0 bridgehead atoms. The van der Waals surface area contributed by atoms with Gasteiger partial charge >= 0.3 is 0 Å². The standard InChI is InChI=1S/C14H21N/c1-12(15-11-14-9-10-14)7-8-13-5-3-2-4-6-13/h2-6,12,14-15H,7-11H2,1H3/t12-/m0/s1. The average molecular weight is 203 g/mol. The Labute approximate surface area is 92.9 Å². The van der Waals surface area contributed by atoms with Crippen molar-refractivity contribution in [1.82, 2.24) is 5.32 Å². The third-order valence-electron chi connectivity index (χ3n) is 3.16. The van der Waals surface area contributed by atoms with Gasteiger partial charge in [-0.1, -0.05) is 30.3 Å². The molecule has 2 rings (SSSR count). The van der Waals surface area contributed by atoms with Crippen LogP contribution >= 0.6 is 0 Å². The van der Waals surface area contributed by atoms with Gasteiger partial charge in [-0.05, 0) is 50.6 Å². The molecule has 1 aliphatic carbocycles. The lowest BCUT2D eigenvalue weighted by Crippen LogP contribution is -2.28. The van der Waals surface area contributed by atoms with E-state index in [1.165, 1.54) is 37.8 Å². The Morgan fingerprint density at radius 1 is 1.27 bits per heavy atom. The first-order chi connectivity index (χ1) is 7.34. The minimum Gasteiger partial charge on any atom is -0.314 e. The molecule has 0 aromatic heterocycles. The van der Waals surface area contributed by atoms with Crippen LogP contribution < -0.4 is 5.32 Å². The first kappa shape index (κ1) is 10.7. The number of nitrogens with one attached hydrogen (secondary N) is 1. The normalized spacial score (nSPS) is 17.7. The van der Waals surface area contributed by atoms with Gasteiger partial charge in [0.2, 0.25) is 0 Å². The van der Waals surface area contributed by atoms with E-state index in [0.717, 1.165) is 5.92 Å². The highest BCUT2D eigenvalue weighted by molar-refractivity contribution is 5.14. The average Bonchev–Trinajstić information content (AvgIpc) is 3.09. The predicted octanol–water partition coefficient (Wildman–Crippen LogP) is 3.01. The summed E-state index contributed by atoms with van der Waals surface area (Å²) in [6, 6.07) is 11.4. The van der Waals surface area contributed by atoms with Crippen molar-refractivity contribution in [2.45, 2.75) is 38.6 Å². The van der Waals surface area contributed by atoms with Gasteiger partial charge in [-0.3, -0.25) is 0 Å². The summed E-state index contributed by atoms with van der Waals surface area (Å²) in [5.74, 6) is 0.990. The molecule has 0 heterocycles. The second-order valence-electron chi connectivity index (χ2n) is 4.78. The van der Waals surface area contributed by atoms with E-state index in [1.807, 2.05) is 0 Å². The molecule has 1 atom stereocenters. The lowest BCUT2D eigenvalue weighted by Gasteiger charge is -2.13. The Bertz CT molecular complexity index is 277. The topological polar surface area (TPSA) is 12.0 Å². The third-order valence-corrected chi connectivity index (χ3v) is 3.16. The molecular weight excluding hydrogens is 182 g/mol. The fraction of sp³-hybridized carbons (Fsp3) is 0.571. The summed E-state index contributed by atoms with van der Waals surface area (Å²) in [6.45, 7) is 3.53. The van der Waals surface area contributed by atoms with Crippen molar-refractivity contribution in [3.63, 3.8) is 0 Å². The molecule has 0 unspecified atom stereocenters. The molecule has 0 aliphatic heterocycles. The van der Waals surface area contributed by atoms with Crippen LogP contribution in [0.2, 0.25) is 0 Å². The molecule has 1 aromatic rings. The van der Waals surface area contributed by atoms with E-state index >= 15 is 0 Å². The molecule has 0 amide bonds. The minimum absolute atomic E-state index is 0.658. The summed E-state index contributed by atoms with van der Waals surface area (Å²) in [4.78, 5) is 0. The minimum atomic E-state index is 0.658. The van der Waals surface area contributed by atoms with Gasteiger partial charge in [0.1, 0.15) is 0 Å². The molecule has 82 valence electrons. The first-order valence-electron chi connectivity index (χ1n) is 6.12. The summed E-state index contributed by atoms with van der Waals surface area (Å²) in [5.41, 5.74) is 1.46. The molecule has 1 heteroatoms. The second-order valence-corrected chi connectivity index (χ2v) is 4.78. The fourth-order valence-electron chi connectivity index (χ4n) is 1.82. The zero-order valence-electron chi connectivity index (χ0n) is 9.58. The molecule has 0 spiro atoms. The van der Waals surface area contributed by atoms with E-state index in [-0.39, 0.29) is 0 Å². The van der Waals surface area contributed by atoms with E-state index < -0.39 is 0 Å². The van der Waals surface area contributed by atoms with Crippen molar-refractivity contribution in [2.75, 3.05) is 6.54 Å². The molecule has 15 heavy (non-hydrogen) atoms. The van der Waals surface area contributed by atoms with Crippen molar-refractivity contribution in [2.24, 2.45) is 5.92 Å². The maximum atomic E-state index is 3.61. The summed E-state index contributed by atoms with van der Waals surface area (Å²) in [5, 5.41) is 3.61. The quantitative estimate of drug-likeness (QED) is 0.749. The summed E-state index contributed by atoms with van der Waals surface area (Å²) in [6.07, 6.45) is 5.33. The molecule has 1 aromatic carbocycles. The van der Waals surface area contributed by atoms with Crippen LogP contribution in [0.25, 0.3) is 0 Å². The number of benzene rings is 1. The number of hydrogen-bond donors (Lipinski definition) is 1. The van der Waals surface area contributed by atoms with Crippen molar-refractivity contribution in [3.05, 3.63) is 35.9 Å². The SMILES string of the molecule is C[C@@H](CCc1ccccc1)NCC1CC1. The van der Waals surface area contributed by atoms with E-state index in [4.69, 9.17) is 0 Å². The van der Waals surface area contributed by atoms with Crippen molar-refractivity contribution < 1.29 is 0 Å². The Morgan fingerprint density at radius 2 is 2.00 bits per heavy atom. The smallest absolute Gasteiger partial charge is 0.00420 e. The van der Waals surface area contributed by atoms with Gasteiger partial charge in [-0.15, -0.1) is 0 Å². The van der Waals surface area contributed by atoms with E-state index in [9.17, 15) is 0 Å². The summed E-state index contributed by atoms with van der Waals surface area (Å²) >= 11 is 0. The van der Waals surface area contributed by atoms with Gasteiger partial charge in [0.25, 0.3) is 0 Å². The van der Waals surface area contributed by atoms with Gasteiger partial charge in [0.15, 0.2) is 0 Å². The number of aryl methyl sites for hydroxylation is 1. The fourth-order valence-corrected chi connectivity index (χ4v) is 1.82. The number of rotatable bonds is 6. The molecule has 0 radical (unpaired) electrons. The van der Waals surface area contributed by atoms with Gasteiger partial charge < -0.3 is 5.32 Å². The zero-order valence-corrected chi connectivity index (χ0v) is 9.58. The maximum Gasteiger partial charge on any atom is 0.00420 e. The Kier molecular flexibility index (Phi) is 3.79. The molecular formula is C14H21N. The zero-order chi connectivity index (χ0) is 10.5. The van der Waals surface area contributed by atoms with Crippen LogP contribution in [-0.4, -0.2) is 12.6 Å². The van der Waals surface area contributed by atoms with Crippen molar-refractivity contribution >= 4 is 0 Å². The van der Waals surface area contributed by atoms with Crippen LogP contribution in [0.5, 0.6) is 0 Å². The van der Waals surface area contributed by atoms with Crippen LogP contribution in [-0.2, 0) is 6.42 Å². The van der Waals surface area contributed by atoms with Gasteiger partial charge in [0, 0.05) is 6.04 Å². The Morgan fingerprint density at radius 3 is 2.67 bits per heavy atom. The van der Waals surface area contributed by atoms with Crippen LogP contribution in [0.15, 0.2) is 30.3 Å². The van der Waals surface area contributed by atoms with Crippen LogP contribution in [0, 0.1) is 5.92 Å². The Balaban J connectivity index is 1.63. The van der Waals surface area contributed by atoms with Crippen LogP contribution in [0.1, 0.15) is 31.7 Å². The van der Waals surface area contributed by atoms with Gasteiger partial charge in [-0.25, -0.2) is 0 Å². The van der Waals surface area contributed by atoms with E-state index in [2.05, 4.69) is 42.6 Å². The summed E-state index contributed by atoms with van der Waals surface area (Å²) in [7, 11) is 0. The van der Waals surface area contributed by atoms with Crippen LogP contribution in [0.4, 0.5) is 0 Å². The van der Waals surface area contributed by atoms with Gasteiger partial charge in [-0.2, -0.15) is 0 Å². The van der Waals surface area contributed by atoms with Crippen LogP contribution in [0.3, 0.4) is 0 Å². The van der Waals surface area contributed by atoms with Crippen molar-refractivity contribution in [1.29, 1.82) is 0 Å². The largest absolute Gasteiger partial charge is 0.314 e. The first-order valence-corrected chi connectivity index (χ1v) is 6.12. The molecule has 1 aliphatic rings. The molecule has 1 fully saturated rings. The van der Waals surface area contributed by atoms with Crippen molar-refractivity contribution in [3.8, 4) is 0 Å². The number of hydrogen-bond acceptors (Lipinski definition) is 1. The highest BCUT2D eigenvalue weighted by Crippen LogP contribution is 2.27. The van der Waals surface area contributed by atoms with Gasteiger partial charge in [0.05, 0.1) is 0 Å².